The Bertz CT molecular complexity index is 674. The molecule has 2 aromatic rings. The van der Waals surface area contributed by atoms with E-state index >= 15 is 0 Å². The molecule has 0 spiro atoms. The first-order chi connectivity index (χ1) is 10.6. The van der Waals surface area contributed by atoms with Crippen molar-refractivity contribution in [1.29, 1.82) is 0 Å². The Kier molecular flexibility index (Phi) is 5.02. The number of nitrogens with one attached hydrogen (secondary N) is 1. The van der Waals surface area contributed by atoms with Crippen molar-refractivity contribution in [2.45, 2.75) is 20.1 Å². The summed E-state index contributed by atoms with van der Waals surface area (Å²) < 4.78 is 5.04. The Labute approximate surface area is 127 Å². The molecule has 0 aliphatic heterocycles. The Morgan fingerprint density at radius 2 is 2.00 bits per heavy atom. The number of amides is 1. The van der Waals surface area contributed by atoms with Crippen molar-refractivity contribution in [2.24, 2.45) is 0 Å². The molecule has 2 N–H and O–H groups in total. The van der Waals surface area contributed by atoms with Gasteiger partial charge < -0.3 is 15.2 Å². The van der Waals surface area contributed by atoms with Crippen LogP contribution in [0, 0.1) is 6.92 Å². The molecule has 0 unspecified atom stereocenters. The minimum Gasteiger partial charge on any atom is -0.478 e. The number of carboxylic acids is 1. The number of aromatic carboxylic acids is 1. The Morgan fingerprint density at radius 3 is 2.64 bits per heavy atom. The fourth-order valence-electron chi connectivity index (χ4n) is 1.74. The van der Waals surface area contributed by atoms with Crippen LogP contribution in [0.2, 0.25) is 0 Å². The number of hydrogen-bond acceptors (Lipinski definition) is 5. The van der Waals surface area contributed by atoms with Gasteiger partial charge in [0.2, 0.25) is 0 Å². The number of carbonyl (C=O) groups excluding carboxylic acids is 1. The number of rotatable bonds is 5. The second kappa shape index (κ2) is 7.16. The maximum Gasteiger partial charge on any atom is 0.407 e. The summed E-state index contributed by atoms with van der Waals surface area (Å²) in [6.45, 7) is 1.81. The molecule has 2 rings (SSSR count). The van der Waals surface area contributed by atoms with E-state index < -0.39 is 12.1 Å². The van der Waals surface area contributed by atoms with Crippen molar-refractivity contribution in [1.82, 2.24) is 15.3 Å². The molecule has 7 nitrogen and oxygen atoms in total. The van der Waals surface area contributed by atoms with Crippen LogP contribution in [0.15, 0.2) is 36.5 Å². The quantitative estimate of drug-likeness (QED) is 0.874. The molecule has 0 aliphatic rings. The van der Waals surface area contributed by atoms with Gasteiger partial charge in [-0.1, -0.05) is 30.3 Å². The highest BCUT2D eigenvalue weighted by atomic mass is 16.5. The molecule has 22 heavy (non-hydrogen) atoms. The average Bonchev–Trinajstić information content (AvgIpc) is 2.51. The normalized spacial score (nSPS) is 10.0. The van der Waals surface area contributed by atoms with E-state index in [1.165, 1.54) is 6.20 Å². The molecule has 1 aromatic heterocycles. The van der Waals surface area contributed by atoms with Crippen molar-refractivity contribution in [2.75, 3.05) is 0 Å². The van der Waals surface area contributed by atoms with Gasteiger partial charge in [0.05, 0.1) is 17.8 Å². The van der Waals surface area contributed by atoms with Gasteiger partial charge in [-0.05, 0) is 12.5 Å². The number of hydrogen-bond donors (Lipinski definition) is 2. The highest BCUT2D eigenvalue weighted by molar-refractivity contribution is 5.88. The van der Waals surface area contributed by atoms with E-state index in [1.54, 1.807) is 6.92 Å². The lowest BCUT2D eigenvalue weighted by atomic mass is 10.2. The number of carboxylic acid groups (broad SMARTS) is 1. The summed E-state index contributed by atoms with van der Waals surface area (Å²) in [4.78, 5) is 30.3. The molecule has 0 aliphatic carbocycles. The number of aromatic nitrogens is 2. The van der Waals surface area contributed by atoms with Crippen molar-refractivity contribution >= 4 is 12.1 Å². The molecule has 1 aromatic carbocycles. The van der Waals surface area contributed by atoms with E-state index in [0.717, 1.165) is 5.56 Å². The lowest BCUT2D eigenvalue weighted by Crippen LogP contribution is -2.25. The topological polar surface area (TPSA) is 101 Å². The predicted molar refractivity (Wildman–Crippen MR) is 77.2 cm³/mol. The first-order valence-corrected chi connectivity index (χ1v) is 6.56. The molecule has 0 saturated carbocycles. The van der Waals surface area contributed by atoms with Gasteiger partial charge in [-0.25, -0.2) is 19.6 Å². The zero-order chi connectivity index (χ0) is 15.9. The van der Waals surface area contributed by atoms with Gasteiger partial charge in [-0.3, -0.25) is 0 Å². The first-order valence-electron chi connectivity index (χ1n) is 6.56. The standard InChI is InChI=1S/C15H15N3O4/c1-10-12(14(19)20)7-16-13(18-10)8-17-15(21)22-9-11-5-3-2-4-6-11/h2-7H,8-9H2,1H3,(H,17,21)(H,19,20). The number of benzene rings is 1. The van der Waals surface area contributed by atoms with Gasteiger partial charge in [0.15, 0.2) is 0 Å². The number of carbonyl (C=O) groups is 2. The third kappa shape index (κ3) is 4.27. The van der Waals surface area contributed by atoms with E-state index in [9.17, 15) is 9.59 Å². The Hall–Kier alpha value is -2.96. The van der Waals surface area contributed by atoms with E-state index in [1.807, 2.05) is 30.3 Å². The molecule has 1 heterocycles. The van der Waals surface area contributed by atoms with Gasteiger partial charge >= 0.3 is 12.1 Å². The van der Waals surface area contributed by atoms with Crippen molar-refractivity contribution in [3.63, 3.8) is 0 Å². The molecular weight excluding hydrogens is 286 g/mol. The fourth-order valence-corrected chi connectivity index (χ4v) is 1.74. The highest BCUT2D eigenvalue weighted by Crippen LogP contribution is 2.04. The second-order valence-electron chi connectivity index (χ2n) is 4.51. The molecule has 0 radical (unpaired) electrons. The Morgan fingerprint density at radius 1 is 1.27 bits per heavy atom. The average molecular weight is 301 g/mol. The third-order valence-electron chi connectivity index (χ3n) is 2.86. The molecule has 114 valence electrons. The zero-order valence-corrected chi connectivity index (χ0v) is 11.9. The summed E-state index contributed by atoms with van der Waals surface area (Å²) in [6.07, 6.45) is 0.629. The monoisotopic (exact) mass is 301 g/mol. The summed E-state index contributed by atoms with van der Waals surface area (Å²) in [6, 6.07) is 9.30. The maximum absolute atomic E-state index is 11.6. The van der Waals surface area contributed by atoms with Crippen LogP contribution in [0.5, 0.6) is 0 Å². The second-order valence-corrected chi connectivity index (χ2v) is 4.51. The van der Waals surface area contributed by atoms with Crippen LogP contribution in [-0.4, -0.2) is 27.1 Å². The van der Waals surface area contributed by atoms with Crippen LogP contribution in [0.3, 0.4) is 0 Å². The van der Waals surface area contributed by atoms with Gasteiger partial charge in [0.25, 0.3) is 0 Å². The van der Waals surface area contributed by atoms with Crippen LogP contribution in [0.25, 0.3) is 0 Å². The first kappa shape index (κ1) is 15.4. The smallest absolute Gasteiger partial charge is 0.407 e. The SMILES string of the molecule is Cc1nc(CNC(=O)OCc2ccccc2)ncc1C(=O)O. The van der Waals surface area contributed by atoms with E-state index in [4.69, 9.17) is 9.84 Å². The number of aryl methyl sites for hydroxylation is 1. The minimum atomic E-state index is -1.08. The minimum absolute atomic E-state index is 0.0374. The summed E-state index contributed by atoms with van der Waals surface area (Å²) in [7, 11) is 0. The molecule has 0 fully saturated rings. The predicted octanol–water partition coefficient (Wildman–Crippen LogP) is 1.91. The van der Waals surface area contributed by atoms with Crippen molar-refractivity contribution < 1.29 is 19.4 Å². The van der Waals surface area contributed by atoms with Crippen molar-refractivity contribution in [3.8, 4) is 0 Å². The molecule has 0 atom stereocenters. The lowest BCUT2D eigenvalue weighted by molar-refractivity contribution is 0.0694. The van der Waals surface area contributed by atoms with E-state index in [0.29, 0.717) is 11.5 Å². The number of ether oxygens (including phenoxy) is 1. The molecule has 7 heteroatoms. The van der Waals surface area contributed by atoms with Gasteiger partial charge in [0, 0.05) is 6.20 Å². The van der Waals surface area contributed by atoms with Crippen LogP contribution < -0.4 is 5.32 Å². The van der Waals surface area contributed by atoms with Crippen molar-refractivity contribution in [3.05, 3.63) is 59.2 Å². The van der Waals surface area contributed by atoms with Crippen LogP contribution >= 0.6 is 0 Å². The summed E-state index contributed by atoms with van der Waals surface area (Å²) in [5.41, 5.74) is 1.27. The van der Waals surface area contributed by atoms with Crippen LogP contribution in [0.1, 0.15) is 27.4 Å². The molecular formula is C15H15N3O4. The van der Waals surface area contributed by atoms with Gasteiger partial charge in [-0.15, -0.1) is 0 Å². The zero-order valence-electron chi connectivity index (χ0n) is 11.9. The largest absolute Gasteiger partial charge is 0.478 e. The lowest BCUT2D eigenvalue weighted by Gasteiger charge is -2.07. The molecule has 0 bridgehead atoms. The summed E-state index contributed by atoms with van der Waals surface area (Å²) in [5.74, 6) is -0.765. The van der Waals surface area contributed by atoms with E-state index in [-0.39, 0.29) is 18.7 Å². The molecule has 1 amide bonds. The number of nitrogens with zero attached hydrogens (tertiary/aromatic N) is 2. The number of alkyl carbamates (subject to hydrolysis) is 1. The maximum atomic E-state index is 11.6. The Balaban J connectivity index is 1.83. The molecule has 0 saturated heterocycles. The van der Waals surface area contributed by atoms with Gasteiger partial charge in [0.1, 0.15) is 12.4 Å². The van der Waals surface area contributed by atoms with Crippen LogP contribution in [0.4, 0.5) is 4.79 Å². The summed E-state index contributed by atoms with van der Waals surface area (Å²) in [5, 5.41) is 11.4. The highest BCUT2D eigenvalue weighted by Gasteiger charge is 2.10. The van der Waals surface area contributed by atoms with E-state index in [2.05, 4.69) is 15.3 Å². The van der Waals surface area contributed by atoms with Gasteiger partial charge in [-0.2, -0.15) is 0 Å². The third-order valence-corrected chi connectivity index (χ3v) is 2.86. The fraction of sp³-hybridized carbons (Fsp3) is 0.200. The van der Waals surface area contributed by atoms with Crippen LogP contribution in [-0.2, 0) is 17.9 Å². The summed E-state index contributed by atoms with van der Waals surface area (Å²) >= 11 is 0.